The Morgan fingerprint density at radius 1 is 1.25 bits per heavy atom. The van der Waals surface area contributed by atoms with Crippen molar-refractivity contribution in [3.05, 3.63) is 29.3 Å². The van der Waals surface area contributed by atoms with Crippen molar-refractivity contribution in [1.82, 2.24) is 5.32 Å². The number of likely N-dealkylation sites (N-methyl/N-ethyl adjacent to an activating group) is 1. The maximum absolute atomic E-state index is 12.7. The number of hydrogen-bond acceptors (Lipinski definition) is 2. The molecule has 0 saturated carbocycles. The highest BCUT2D eigenvalue weighted by molar-refractivity contribution is 5.93. The summed E-state index contributed by atoms with van der Waals surface area (Å²) in [5.74, 6) is 0.143. The number of aryl methyl sites for hydroxylation is 2. The summed E-state index contributed by atoms with van der Waals surface area (Å²) in [6.45, 7) is 9.13. The number of anilines is 1. The second-order valence-corrected chi connectivity index (χ2v) is 6.99. The van der Waals surface area contributed by atoms with Crippen molar-refractivity contribution in [1.29, 1.82) is 0 Å². The van der Waals surface area contributed by atoms with Gasteiger partial charge >= 0.3 is 0 Å². The smallest absolute Gasteiger partial charge is 0.279 e. The van der Waals surface area contributed by atoms with Gasteiger partial charge in [-0.2, -0.15) is 0 Å². The third-order valence-electron chi connectivity index (χ3n) is 5.31. The maximum Gasteiger partial charge on any atom is 0.279 e. The summed E-state index contributed by atoms with van der Waals surface area (Å²) in [6.07, 6.45) is 1.90. The molecular weight excluding hydrogens is 302 g/mol. The third-order valence-corrected chi connectivity index (χ3v) is 5.31. The van der Waals surface area contributed by atoms with Gasteiger partial charge in [0, 0.05) is 12.7 Å². The number of carbonyl (C=O) groups excluding carboxylic acids is 2. The van der Waals surface area contributed by atoms with Gasteiger partial charge in [-0.1, -0.05) is 18.2 Å². The van der Waals surface area contributed by atoms with Crippen molar-refractivity contribution in [3.63, 3.8) is 0 Å². The van der Waals surface area contributed by atoms with Crippen LogP contribution < -0.4 is 10.6 Å². The second kappa shape index (κ2) is 7.79. The molecule has 1 fully saturated rings. The summed E-state index contributed by atoms with van der Waals surface area (Å²) in [7, 11) is 1.69. The molecule has 2 rings (SSSR count). The lowest BCUT2D eigenvalue weighted by molar-refractivity contribution is -0.925. The Morgan fingerprint density at radius 2 is 1.92 bits per heavy atom. The van der Waals surface area contributed by atoms with Crippen molar-refractivity contribution in [2.24, 2.45) is 5.92 Å². The van der Waals surface area contributed by atoms with Crippen molar-refractivity contribution < 1.29 is 14.1 Å². The van der Waals surface area contributed by atoms with Crippen LogP contribution in [0.2, 0.25) is 0 Å². The molecule has 2 amide bonds. The van der Waals surface area contributed by atoms with Crippen molar-refractivity contribution in [2.45, 2.75) is 33.6 Å². The molecule has 0 radical (unpaired) electrons. The van der Waals surface area contributed by atoms with Gasteiger partial charge in [0.05, 0.1) is 25.6 Å². The van der Waals surface area contributed by atoms with Crippen molar-refractivity contribution in [2.75, 3.05) is 38.5 Å². The number of quaternary nitrogens is 1. The number of nitrogens with zero attached hydrogens (tertiary/aromatic N) is 1. The van der Waals surface area contributed by atoms with E-state index in [4.69, 9.17) is 0 Å². The number of nitrogens with one attached hydrogen (secondary N) is 2. The lowest BCUT2D eigenvalue weighted by Gasteiger charge is -2.42. The number of amides is 2. The molecule has 0 spiro atoms. The molecule has 5 nitrogen and oxygen atoms in total. The zero-order valence-corrected chi connectivity index (χ0v) is 15.3. The van der Waals surface area contributed by atoms with E-state index in [0.29, 0.717) is 11.0 Å². The zero-order chi connectivity index (χ0) is 17.7. The van der Waals surface area contributed by atoms with Crippen LogP contribution in [0.15, 0.2) is 18.2 Å². The Hall–Kier alpha value is -1.88. The van der Waals surface area contributed by atoms with Crippen LogP contribution >= 0.6 is 0 Å². The van der Waals surface area contributed by atoms with E-state index in [1.807, 2.05) is 32.0 Å². The molecule has 1 aromatic rings. The first-order valence-electron chi connectivity index (χ1n) is 8.83. The SMILES string of the molecule is CC[N+]1(CC(=O)Nc2c(C)cccc2C)CCCC(C(=O)NC)C1. The van der Waals surface area contributed by atoms with E-state index in [1.54, 1.807) is 7.05 Å². The predicted octanol–water partition coefficient (Wildman–Crippen LogP) is 2.23. The van der Waals surface area contributed by atoms with E-state index in [2.05, 4.69) is 17.6 Å². The molecule has 132 valence electrons. The highest BCUT2D eigenvalue weighted by Gasteiger charge is 2.38. The van der Waals surface area contributed by atoms with Crippen LogP contribution in [-0.2, 0) is 9.59 Å². The minimum atomic E-state index is 0.0108. The Balaban J connectivity index is 2.09. The van der Waals surface area contributed by atoms with Crippen LogP contribution in [0.4, 0.5) is 5.69 Å². The van der Waals surface area contributed by atoms with Gasteiger partial charge in [-0.15, -0.1) is 0 Å². The molecule has 0 bridgehead atoms. The summed E-state index contributed by atoms with van der Waals surface area (Å²) in [6, 6.07) is 6.02. The number of hydrogen-bond donors (Lipinski definition) is 2. The van der Waals surface area contributed by atoms with Crippen LogP contribution in [0.5, 0.6) is 0 Å². The first-order chi connectivity index (χ1) is 11.4. The fraction of sp³-hybridized carbons (Fsp3) is 0.579. The van der Waals surface area contributed by atoms with Crippen LogP contribution in [0.25, 0.3) is 0 Å². The molecule has 1 aliphatic heterocycles. The van der Waals surface area contributed by atoms with Gasteiger partial charge in [0.15, 0.2) is 6.54 Å². The third kappa shape index (κ3) is 4.15. The van der Waals surface area contributed by atoms with Crippen LogP contribution in [0.3, 0.4) is 0 Å². The molecule has 1 saturated heterocycles. The number of piperidine rings is 1. The van der Waals surface area contributed by atoms with Crippen molar-refractivity contribution >= 4 is 17.5 Å². The van der Waals surface area contributed by atoms with Gasteiger partial charge in [0.2, 0.25) is 5.91 Å². The van der Waals surface area contributed by atoms with Gasteiger partial charge in [-0.3, -0.25) is 9.59 Å². The lowest BCUT2D eigenvalue weighted by atomic mass is 9.94. The highest BCUT2D eigenvalue weighted by Crippen LogP contribution is 2.25. The molecule has 24 heavy (non-hydrogen) atoms. The summed E-state index contributed by atoms with van der Waals surface area (Å²) < 4.78 is 0.689. The monoisotopic (exact) mass is 332 g/mol. The average Bonchev–Trinajstić information content (AvgIpc) is 2.57. The van der Waals surface area contributed by atoms with Gasteiger partial charge < -0.3 is 15.1 Å². The standard InChI is InChI=1S/C19H29N3O2/c1-5-22(11-7-10-16(12-22)19(24)20-4)13-17(23)21-18-14(2)8-6-9-15(18)3/h6,8-9,16H,5,7,10-13H2,1-4H3,(H-,20,21,23,24)/p+1. The Labute approximate surface area is 145 Å². The number of para-hydroxylation sites is 1. The average molecular weight is 332 g/mol. The topological polar surface area (TPSA) is 58.2 Å². The molecule has 1 aliphatic rings. The van der Waals surface area contributed by atoms with Gasteiger partial charge in [0.1, 0.15) is 0 Å². The normalized spacial score (nSPS) is 23.6. The fourth-order valence-electron chi connectivity index (χ4n) is 3.78. The molecule has 1 aromatic carbocycles. The number of likely N-dealkylation sites (tertiary alicyclic amines) is 1. The largest absolute Gasteiger partial charge is 0.359 e. The lowest BCUT2D eigenvalue weighted by Crippen LogP contribution is -2.59. The summed E-state index contributed by atoms with van der Waals surface area (Å²) in [5, 5.41) is 5.84. The molecule has 5 heteroatoms. The molecule has 2 N–H and O–H groups in total. The minimum Gasteiger partial charge on any atom is -0.359 e. The molecule has 2 unspecified atom stereocenters. The fourth-order valence-corrected chi connectivity index (χ4v) is 3.78. The first kappa shape index (κ1) is 18.5. The van der Waals surface area contributed by atoms with Gasteiger partial charge in [-0.25, -0.2) is 0 Å². The van der Waals surface area contributed by atoms with E-state index in [-0.39, 0.29) is 17.7 Å². The first-order valence-corrected chi connectivity index (χ1v) is 8.83. The van der Waals surface area contributed by atoms with E-state index in [9.17, 15) is 9.59 Å². The van der Waals surface area contributed by atoms with E-state index in [0.717, 1.165) is 49.3 Å². The molecule has 0 aliphatic carbocycles. The number of rotatable bonds is 5. The Kier molecular flexibility index (Phi) is 5.99. The zero-order valence-electron chi connectivity index (χ0n) is 15.3. The quantitative estimate of drug-likeness (QED) is 0.813. The molecular formula is C19H30N3O2+. The van der Waals surface area contributed by atoms with Crippen molar-refractivity contribution in [3.8, 4) is 0 Å². The molecule has 1 heterocycles. The number of benzene rings is 1. The van der Waals surface area contributed by atoms with E-state index >= 15 is 0 Å². The maximum atomic E-state index is 12.7. The van der Waals surface area contributed by atoms with Crippen LogP contribution in [0.1, 0.15) is 30.9 Å². The van der Waals surface area contributed by atoms with Gasteiger partial charge in [-0.05, 0) is 44.7 Å². The molecule has 0 aromatic heterocycles. The molecule has 2 atom stereocenters. The minimum absolute atomic E-state index is 0.0108. The summed E-state index contributed by atoms with van der Waals surface area (Å²) >= 11 is 0. The van der Waals surface area contributed by atoms with Gasteiger partial charge in [0.25, 0.3) is 5.91 Å². The van der Waals surface area contributed by atoms with E-state index < -0.39 is 0 Å². The number of carbonyl (C=O) groups is 2. The predicted molar refractivity (Wildman–Crippen MR) is 96.7 cm³/mol. The van der Waals surface area contributed by atoms with E-state index in [1.165, 1.54) is 0 Å². The van der Waals surface area contributed by atoms with Crippen LogP contribution in [-0.4, -0.2) is 49.5 Å². The summed E-state index contributed by atoms with van der Waals surface area (Å²) in [4.78, 5) is 24.7. The highest BCUT2D eigenvalue weighted by atomic mass is 16.2. The summed E-state index contributed by atoms with van der Waals surface area (Å²) in [5.41, 5.74) is 3.07. The second-order valence-electron chi connectivity index (χ2n) is 6.99. The Bertz CT molecular complexity index is 594. The van der Waals surface area contributed by atoms with Crippen LogP contribution in [0, 0.1) is 19.8 Å². The Morgan fingerprint density at radius 3 is 2.50 bits per heavy atom.